The van der Waals surface area contributed by atoms with Crippen LogP contribution in [0.5, 0.6) is 5.75 Å². The monoisotopic (exact) mass is 465 g/mol. The number of methoxy groups -OCH3 is 1. The van der Waals surface area contributed by atoms with Crippen molar-refractivity contribution in [3.05, 3.63) is 88.4 Å². The van der Waals surface area contributed by atoms with Crippen molar-refractivity contribution in [2.45, 2.75) is 13.5 Å². The molecule has 33 heavy (non-hydrogen) atoms. The van der Waals surface area contributed by atoms with E-state index in [-0.39, 0.29) is 28.1 Å². The van der Waals surface area contributed by atoms with E-state index in [0.717, 1.165) is 5.56 Å². The van der Waals surface area contributed by atoms with Crippen LogP contribution in [0.1, 0.15) is 33.2 Å². The van der Waals surface area contributed by atoms with E-state index in [0.29, 0.717) is 23.5 Å². The first-order valence-corrected chi connectivity index (χ1v) is 10.5. The summed E-state index contributed by atoms with van der Waals surface area (Å²) in [5.74, 6) is -0.816. The molecule has 2 N–H and O–H groups in total. The molecule has 0 atom stereocenters. The normalized spacial score (nSPS) is 10.3. The first-order valence-electron chi connectivity index (χ1n) is 10.1. The van der Waals surface area contributed by atoms with Gasteiger partial charge in [-0.3, -0.25) is 14.4 Å². The van der Waals surface area contributed by atoms with Crippen LogP contribution in [0, 0.1) is 0 Å². The smallest absolute Gasteiger partial charge is 0.259 e. The van der Waals surface area contributed by atoms with Gasteiger partial charge in [-0.25, -0.2) is 0 Å². The van der Waals surface area contributed by atoms with Gasteiger partial charge in [0.1, 0.15) is 5.75 Å². The molecule has 8 heteroatoms. The summed E-state index contributed by atoms with van der Waals surface area (Å²) in [6.07, 6.45) is 0. The number of para-hydroxylation sites is 1. The van der Waals surface area contributed by atoms with E-state index < -0.39 is 5.91 Å². The van der Waals surface area contributed by atoms with Crippen molar-refractivity contribution >= 4 is 40.7 Å². The van der Waals surface area contributed by atoms with E-state index in [1.807, 2.05) is 30.3 Å². The van der Waals surface area contributed by atoms with Crippen molar-refractivity contribution < 1.29 is 19.1 Å². The maximum atomic E-state index is 13.1. The molecule has 0 spiro atoms. The summed E-state index contributed by atoms with van der Waals surface area (Å²) in [5.41, 5.74) is 2.20. The average Bonchev–Trinajstić information content (AvgIpc) is 2.80. The van der Waals surface area contributed by atoms with Crippen LogP contribution in [0.25, 0.3) is 0 Å². The Morgan fingerprint density at radius 2 is 1.58 bits per heavy atom. The molecule has 0 heterocycles. The number of hydrogen-bond acceptors (Lipinski definition) is 4. The summed E-state index contributed by atoms with van der Waals surface area (Å²) >= 11 is 6.24. The first kappa shape index (κ1) is 23.8. The highest BCUT2D eigenvalue weighted by molar-refractivity contribution is 6.34. The van der Waals surface area contributed by atoms with Crippen molar-refractivity contribution in [3.8, 4) is 5.75 Å². The maximum absolute atomic E-state index is 13.1. The fourth-order valence-electron chi connectivity index (χ4n) is 3.29. The van der Waals surface area contributed by atoms with Crippen LogP contribution in [-0.4, -0.2) is 36.8 Å². The number of rotatable bonds is 7. The lowest BCUT2D eigenvalue weighted by molar-refractivity contribution is -0.114. The molecule has 0 aliphatic rings. The van der Waals surface area contributed by atoms with Crippen LogP contribution in [-0.2, 0) is 11.3 Å². The Kier molecular flexibility index (Phi) is 7.69. The molecule has 3 aromatic rings. The Balaban J connectivity index is 1.85. The second-order valence-electron chi connectivity index (χ2n) is 7.36. The number of amides is 3. The predicted molar refractivity (Wildman–Crippen MR) is 129 cm³/mol. The van der Waals surface area contributed by atoms with Crippen LogP contribution in [0.2, 0.25) is 5.02 Å². The Hall–Kier alpha value is -3.84. The zero-order valence-corrected chi connectivity index (χ0v) is 19.3. The van der Waals surface area contributed by atoms with Gasteiger partial charge in [0.15, 0.2) is 0 Å². The number of ether oxygens (including phenoxy) is 1. The van der Waals surface area contributed by atoms with Gasteiger partial charge in [0.05, 0.1) is 34.6 Å². The number of nitrogens with one attached hydrogen (secondary N) is 2. The molecule has 0 bridgehead atoms. The molecule has 7 nitrogen and oxygen atoms in total. The molecule has 3 amide bonds. The minimum absolute atomic E-state index is 0.163. The lowest BCUT2D eigenvalue weighted by Crippen LogP contribution is -2.27. The van der Waals surface area contributed by atoms with Gasteiger partial charge in [-0.1, -0.05) is 54.1 Å². The van der Waals surface area contributed by atoms with Gasteiger partial charge in [-0.05, 0) is 23.8 Å². The van der Waals surface area contributed by atoms with Crippen molar-refractivity contribution in [1.29, 1.82) is 0 Å². The minimum Gasteiger partial charge on any atom is -0.496 e. The number of carbonyl (C=O) groups excluding carboxylic acids is 3. The molecule has 0 aromatic heterocycles. The molecule has 0 aliphatic carbocycles. The quantitative estimate of drug-likeness (QED) is 0.523. The molecule has 0 saturated carbocycles. The van der Waals surface area contributed by atoms with Gasteiger partial charge in [0, 0.05) is 26.6 Å². The molecule has 0 fully saturated rings. The number of nitrogens with zero attached hydrogens (tertiary/aromatic N) is 1. The Labute approximate surface area is 197 Å². The lowest BCUT2D eigenvalue weighted by Gasteiger charge is -2.20. The topological polar surface area (TPSA) is 87.7 Å². The van der Waals surface area contributed by atoms with Gasteiger partial charge in [-0.15, -0.1) is 0 Å². The highest BCUT2D eigenvalue weighted by Crippen LogP contribution is 2.32. The first-order chi connectivity index (χ1) is 15.8. The third-order valence-corrected chi connectivity index (χ3v) is 5.17. The SMILES string of the molecule is COc1cc(NC(C)=O)c(Cl)cc1C(=O)Nc1ccccc1C(=O)N(C)Cc1ccccc1. The van der Waals surface area contributed by atoms with E-state index in [9.17, 15) is 14.4 Å². The van der Waals surface area contributed by atoms with Crippen LogP contribution in [0.15, 0.2) is 66.7 Å². The van der Waals surface area contributed by atoms with Crippen LogP contribution in [0.4, 0.5) is 11.4 Å². The summed E-state index contributed by atoms with van der Waals surface area (Å²) < 4.78 is 5.32. The molecular formula is C25H24ClN3O4. The third-order valence-electron chi connectivity index (χ3n) is 4.86. The molecule has 170 valence electrons. The van der Waals surface area contributed by atoms with E-state index in [1.165, 1.54) is 26.2 Å². The summed E-state index contributed by atoms with van der Waals surface area (Å²) in [6, 6.07) is 19.3. The summed E-state index contributed by atoms with van der Waals surface area (Å²) in [4.78, 5) is 39.1. The molecular weight excluding hydrogens is 442 g/mol. The Bertz CT molecular complexity index is 1180. The van der Waals surface area contributed by atoms with Crippen LogP contribution < -0.4 is 15.4 Å². The highest BCUT2D eigenvalue weighted by atomic mass is 35.5. The summed E-state index contributed by atoms with van der Waals surface area (Å²) in [6.45, 7) is 1.78. The molecule has 0 saturated heterocycles. The predicted octanol–water partition coefficient (Wildman–Crippen LogP) is 4.83. The van der Waals surface area contributed by atoms with Gasteiger partial charge in [-0.2, -0.15) is 0 Å². The van der Waals surface area contributed by atoms with Crippen LogP contribution in [0.3, 0.4) is 0 Å². The van der Waals surface area contributed by atoms with Crippen molar-refractivity contribution in [2.24, 2.45) is 0 Å². The summed E-state index contributed by atoms with van der Waals surface area (Å²) in [7, 11) is 3.12. The van der Waals surface area contributed by atoms with Gasteiger partial charge in [0.2, 0.25) is 5.91 Å². The largest absolute Gasteiger partial charge is 0.496 e. The van der Waals surface area contributed by atoms with Gasteiger partial charge < -0.3 is 20.3 Å². The third kappa shape index (κ3) is 5.90. The van der Waals surface area contributed by atoms with Crippen molar-refractivity contribution in [1.82, 2.24) is 4.90 Å². The zero-order valence-electron chi connectivity index (χ0n) is 18.5. The van der Waals surface area contributed by atoms with Crippen LogP contribution >= 0.6 is 11.6 Å². The van der Waals surface area contributed by atoms with Crippen molar-refractivity contribution in [2.75, 3.05) is 24.8 Å². The zero-order chi connectivity index (χ0) is 24.0. The second kappa shape index (κ2) is 10.7. The molecule has 3 aromatic carbocycles. The molecule has 0 unspecified atom stereocenters. The van der Waals surface area contributed by atoms with Crippen molar-refractivity contribution in [3.63, 3.8) is 0 Å². The Morgan fingerprint density at radius 3 is 2.24 bits per heavy atom. The molecule has 0 aliphatic heterocycles. The van der Waals surface area contributed by atoms with E-state index in [4.69, 9.17) is 16.3 Å². The molecule has 3 rings (SSSR count). The Morgan fingerprint density at radius 1 is 0.909 bits per heavy atom. The standard InChI is InChI=1S/C25H24ClN3O4/c1-16(30)27-22-14-23(33-3)19(13-20(22)26)24(31)28-21-12-8-7-11-18(21)25(32)29(2)15-17-9-5-4-6-10-17/h4-14H,15H2,1-3H3,(H,27,30)(H,28,31). The fraction of sp³-hybridized carbons (Fsp3) is 0.160. The van der Waals surface area contributed by atoms with E-state index >= 15 is 0 Å². The number of hydrogen-bond donors (Lipinski definition) is 2. The second-order valence-corrected chi connectivity index (χ2v) is 7.77. The maximum Gasteiger partial charge on any atom is 0.259 e. The number of benzene rings is 3. The van der Waals surface area contributed by atoms with Gasteiger partial charge in [0.25, 0.3) is 11.8 Å². The number of carbonyl (C=O) groups is 3. The van der Waals surface area contributed by atoms with E-state index in [2.05, 4.69) is 10.6 Å². The number of halogens is 1. The van der Waals surface area contributed by atoms with Gasteiger partial charge >= 0.3 is 0 Å². The lowest BCUT2D eigenvalue weighted by atomic mass is 10.1. The molecule has 0 radical (unpaired) electrons. The minimum atomic E-state index is -0.505. The highest BCUT2D eigenvalue weighted by Gasteiger charge is 2.21. The summed E-state index contributed by atoms with van der Waals surface area (Å²) in [5, 5.41) is 5.55. The fourth-order valence-corrected chi connectivity index (χ4v) is 3.50. The van der Waals surface area contributed by atoms with E-state index in [1.54, 1.807) is 36.2 Å². The average molecular weight is 466 g/mol. The number of anilines is 2.